The molecule has 21 nitrogen and oxygen atoms in total. The van der Waals surface area contributed by atoms with Crippen LogP contribution in [-0.2, 0) is 67.8 Å². The molecule has 4 rings (SSSR count). The molecule has 0 saturated carbocycles. The molecule has 4 heterocycles. The first-order valence-electron chi connectivity index (χ1n) is 30.8. The third-order valence-electron chi connectivity index (χ3n) is 20.1. The van der Waals surface area contributed by atoms with Crippen molar-refractivity contribution < 1.29 is 79.5 Å². The zero-order valence-corrected chi connectivity index (χ0v) is 58.2. The predicted molar refractivity (Wildman–Crippen MR) is 326 cm³/mol. The molecule has 8 N–H and O–H groups in total. The van der Waals surface area contributed by atoms with E-state index in [1.807, 2.05) is 17.2 Å². The van der Waals surface area contributed by atoms with Crippen LogP contribution in [0.25, 0.3) is 0 Å². The number of aromatic amines is 2. The molecule has 0 radical (unpaired) electrons. The van der Waals surface area contributed by atoms with Crippen molar-refractivity contribution in [2.45, 2.75) is 214 Å². The number of nitrogens with one attached hydrogen (secondary N) is 4. The fourth-order valence-corrected chi connectivity index (χ4v) is 11.7. The van der Waals surface area contributed by atoms with Crippen molar-refractivity contribution in [2.75, 3.05) is 26.4 Å². The molecule has 2 saturated heterocycles. The Hall–Kier alpha value is -3.21. The van der Waals surface area contributed by atoms with Gasteiger partial charge in [-0.15, -0.1) is 0 Å². The van der Waals surface area contributed by atoms with E-state index in [1.54, 1.807) is 31.1 Å². The summed E-state index contributed by atoms with van der Waals surface area (Å²) in [6, 6.07) is 0.297. The van der Waals surface area contributed by atoms with Crippen LogP contribution >= 0.6 is 0 Å². The van der Waals surface area contributed by atoms with Crippen LogP contribution in [0.2, 0.25) is 0 Å². The van der Waals surface area contributed by atoms with E-state index < -0.39 is 71.9 Å². The van der Waals surface area contributed by atoms with Crippen LogP contribution in [0.1, 0.15) is 176 Å². The molecule has 20 unspecified atom stereocenters. The Morgan fingerprint density at radius 3 is 1.36 bits per heavy atom. The molecule has 2 aromatic rings. The van der Waals surface area contributed by atoms with Gasteiger partial charge < -0.3 is 25.4 Å². The van der Waals surface area contributed by atoms with E-state index in [2.05, 4.69) is 158 Å². The van der Waals surface area contributed by atoms with Gasteiger partial charge in [0.2, 0.25) is 0 Å². The summed E-state index contributed by atoms with van der Waals surface area (Å²) in [4.78, 5) is 81.1. The molecule has 0 bridgehead atoms. The second-order valence-electron chi connectivity index (χ2n) is 26.3. The molecular formula is C62H114N8O13V2. The van der Waals surface area contributed by atoms with E-state index in [-0.39, 0.29) is 51.5 Å². The summed E-state index contributed by atoms with van der Waals surface area (Å²) in [5.74, 6) is 7.73. The maximum absolute atomic E-state index is 13.4. The summed E-state index contributed by atoms with van der Waals surface area (Å²) < 4.78 is 34.7. The van der Waals surface area contributed by atoms with Crippen molar-refractivity contribution in [2.24, 2.45) is 104 Å². The van der Waals surface area contributed by atoms with E-state index in [9.17, 15) is 33.9 Å². The number of carbonyl (C=O) groups is 2. The van der Waals surface area contributed by atoms with Gasteiger partial charge in [0, 0.05) is 25.6 Å². The molecular weight excluding hydrogens is 1170 g/mol. The van der Waals surface area contributed by atoms with Gasteiger partial charge in [-0.05, 0) is 77.9 Å². The fourth-order valence-electron chi connectivity index (χ4n) is 11.6. The first-order chi connectivity index (χ1) is 39.5. The monoisotopic (exact) mass is 1280 g/mol. The Morgan fingerprint density at radius 2 is 0.965 bits per heavy atom. The van der Waals surface area contributed by atoms with Gasteiger partial charge in [0.05, 0.1) is 12.7 Å². The first kappa shape index (κ1) is 79.8. The summed E-state index contributed by atoms with van der Waals surface area (Å²) in [6.45, 7) is 48.6. The number of hydrogen-bond acceptors (Lipinski definition) is 15. The average molecular weight is 1280 g/mol. The number of aliphatic carboxylic acids is 1. The van der Waals surface area contributed by atoms with Crippen LogP contribution in [0.4, 0.5) is 0 Å². The van der Waals surface area contributed by atoms with Gasteiger partial charge in [0.25, 0.3) is 5.56 Å². The Morgan fingerprint density at radius 1 is 0.624 bits per heavy atom. The molecule has 2 aliphatic rings. The normalized spacial score (nSPS) is 23.6. The molecule has 2 fully saturated rings. The zero-order valence-electron chi connectivity index (χ0n) is 55.5. The molecule has 0 aromatic carbocycles. The summed E-state index contributed by atoms with van der Waals surface area (Å²) in [7, 11) is 0. The Balaban J connectivity index is 0.00000137. The average Bonchev–Trinajstić information content (AvgIpc) is 2.60. The van der Waals surface area contributed by atoms with E-state index >= 15 is 0 Å². The summed E-state index contributed by atoms with van der Waals surface area (Å²) in [5.41, 5.74) is 5.24. The summed E-state index contributed by atoms with van der Waals surface area (Å²) >= 11 is 3.54. The van der Waals surface area contributed by atoms with Crippen LogP contribution < -0.4 is 33.5 Å². The van der Waals surface area contributed by atoms with E-state index in [0.29, 0.717) is 88.7 Å². The number of aliphatic hydroxyl groups is 1. The van der Waals surface area contributed by atoms with Crippen LogP contribution in [0, 0.1) is 113 Å². The molecule has 2 aliphatic heterocycles. The third-order valence-corrected chi connectivity index (χ3v) is 20.3. The number of H-pyrrole nitrogens is 2. The van der Waals surface area contributed by atoms with Gasteiger partial charge >= 0.3 is 215 Å². The Kier molecular flexibility index (Phi) is 36.0. The molecule has 1 amide bonds. The first-order valence-corrected chi connectivity index (χ1v) is 32.1. The predicted octanol–water partition coefficient (Wildman–Crippen LogP) is 9.37. The SMILES string of the molecule is CC(C)C(C)C(C)C(C)C(C)C(N)C(C)C(C)C(C)C.Cc1cn(C2CC(OCC(=O)NC(C(C)C(C)C(C)C)C(C)C(C)C(C)C(C)C(C)C)C(CO[N]=[V])O2)c(=O)[nH]c1=O.Cc1cn(C2CC(OCC(=O)O)C(CO)O2)c(=O)[nH]c1=O.[3HH].[NH]=[V]. The number of rotatable bonds is 29. The quantitative estimate of drug-likeness (QED) is 0.0373. The maximum atomic E-state index is 13.4. The number of aliphatic hydroxyl groups excluding tert-OH is 1. The van der Waals surface area contributed by atoms with Gasteiger partial charge in [-0.3, -0.25) is 14.3 Å². The van der Waals surface area contributed by atoms with Crippen molar-refractivity contribution in [1.82, 2.24) is 24.4 Å². The van der Waals surface area contributed by atoms with Crippen LogP contribution in [0.5, 0.6) is 0 Å². The number of nitrogens with two attached hydrogens (primary N) is 1. The second-order valence-corrected chi connectivity index (χ2v) is 26.6. The number of carbonyl (C=O) groups excluding carboxylic acids is 1. The standard InChI is InChI=1S/C31H54N4O6.C19H41N.C12H16N2O7.HN.2V.H2/c1-16(2)19(6)21(8)22(9)24(11)29(23(10)20(7)17(3)4)33-27(36)15-39-25-12-28(41-26(25)14-40-32)35-13-18(5)30(37)34-31(35)38;1-11(2)13(5)15(7)16(8)18(10)19(20)17(9)14(6)12(3)4;1-6-3-14(12(19)13-11(6)18)9-2-7(8(4-15)21-9)20-5-10(16)17;;;;/h13,16-17,19-26,28-29H,12,14-15H2,1-11H3,(H,33,36)(H,34,37,38);11-19H,20H2,1-10H3;3,7-9,15H,2,4-5H2,1H3,(H,16,17)(H,13,18,19);1H;;;1H/i;;;;;;1+2. The van der Waals surface area contributed by atoms with Gasteiger partial charge in [0.15, 0.2) is 0 Å². The van der Waals surface area contributed by atoms with Gasteiger partial charge in [0.1, 0.15) is 18.9 Å². The minimum atomic E-state index is -1.13. The molecule has 20 atom stereocenters. The molecule has 0 aliphatic carbocycles. The number of aromatic nitrogens is 4. The number of carboxylic acids is 1. The van der Waals surface area contributed by atoms with Gasteiger partial charge in [-0.1, -0.05) is 125 Å². The number of nitrogens with zero attached hydrogens (tertiary/aromatic N) is 3. The fraction of sp³-hybridized carbons (Fsp3) is 0.839. The summed E-state index contributed by atoms with van der Waals surface area (Å²) in [6.07, 6.45) is -0.493. The summed E-state index contributed by atoms with van der Waals surface area (Å²) in [5, 5.41) is 21.2. The van der Waals surface area contributed by atoms with Crippen molar-refractivity contribution in [1.29, 1.82) is 4.21 Å². The van der Waals surface area contributed by atoms with Crippen LogP contribution in [0.15, 0.2) is 35.5 Å². The molecule has 0 spiro atoms. The van der Waals surface area contributed by atoms with Crippen molar-refractivity contribution in [3.8, 4) is 0 Å². The zero-order chi connectivity index (χ0) is 65.7. The van der Waals surface area contributed by atoms with Crippen LogP contribution in [-0.4, -0.2) is 104 Å². The van der Waals surface area contributed by atoms with E-state index in [1.165, 1.54) is 21.5 Å². The van der Waals surface area contributed by atoms with Gasteiger partial charge in [-0.2, -0.15) is 0 Å². The Labute approximate surface area is 527 Å². The van der Waals surface area contributed by atoms with Crippen molar-refractivity contribution in [3.05, 3.63) is 65.2 Å². The molecule has 85 heavy (non-hydrogen) atoms. The number of hydrogen-bond donors (Lipinski definition) is 7. The van der Waals surface area contributed by atoms with Crippen molar-refractivity contribution >= 4 is 11.9 Å². The second kappa shape index (κ2) is 38.4. The molecule has 23 heteroatoms. The van der Waals surface area contributed by atoms with E-state index in [4.69, 9.17) is 38.8 Å². The molecule has 490 valence electrons. The minimum absolute atomic E-state index is 0. The topological polar surface area (TPSA) is 305 Å². The number of carboxylic acid groups (broad SMARTS) is 1. The number of amides is 1. The number of ether oxygens (including phenoxy) is 4. The molecule has 2 aromatic heterocycles. The third kappa shape index (κ3) is 23.9. The number of aryl methyl sites for hydroxylation is 2. The van der Waals surface area contributed by atoms with E-state index in [0.717, 1.165) is 17.8 Å². The Bertz CT molecular complexity index is 2540. The van der Waals surface area contributed by atoms with Crippen LogP contribution in [0.3, 0.4) is 0 Å². The van der Waals surface area contributed by atoms with Crippen molar-refractivity contribution in [3.63, 3.8) is 0 Å². The van der Waals surface area contributed by atoms with Gasteiger partial charge in [-0.25, -0.2) is 9.59 Å².